The second-order valence-corrected chi connectivity index (χ2v) is 8.65. The van der Waals surface area contributed by atoms with Crippen LogP contribution in [0, 0.1) is 5.82 Å². The van der Waals surface area contributed by atoms with Gasteiger partial charge in [0.15, 0.2) is 6.61 Å². The molecule has 26 heavy (non-hydrogen) atoms. The Morgan fingerprint density at radius 2 is 1.65 bits per heavy atom. The van der Waals surface area contributed by atoms with Gasteiger partial charge in [0.05, 0.1) is 10.5 Å². The lowest BCUT2D eigenvalue weighted by Gasteiger charge is -2.30. The van der Waals surface area contributed by atoms with Crippen LogP contribution in [0.4, 0.5) is 4.39 Å². The van der Waals surface area contributed by atoms with Crippen LogP contribution >= 0.6 is 0 Å². The van der Waals surface area contributed by atoms with E-state index in [9.17, 15) is 22.4 Å². The van der Waals surface area contributed by atoms with Crippen molar-refractivity contribution < 1.29 is 27.1 Å². The molecule has 0 unspecified atom stereocenters. The average Bonchev–Trinajstić information content (AvgIpc) is 2.51. The molecule has 0 N–H and O–H groups in total. The molecule has 1 aromatic carbocycles. The minimum absolute atomic E-state index is 0.0912. The van der Waals surface area contributed by atoms with Gasteiger partial charge in [-0.25, -0.2) is 21.9 Å². The van der Waals surface area contributed by atoms with Crippen molar-refractivity contribution in [2.24, 2.45) is 0 Å². The Morgan fingerprint density at radius 3 is 2.12 bits per heavy atom. The summed E-state index contributed by atoms with van der Waals surface area (Å²) in [6.07, 6.45) is 0. The van der Waals surface area contributed by atoms with Crippen molar-refractivity contribution in [3.05, 3.63) is 29.6 Å². The van der Waals surface area contributed by atoms with Crippen molar-refractivity contribution in [1.82, 2.24) is 9.21 Å². The standard InChI is InChI=1S/C17H25FN2O5S/c1-11(2)20(12(3)4)16(21)10-25-17(22)14-9-13(7-8-15(14)18)26(23,24)19(5)6/h7-9,11-12H,10H2,1-6H3. The van der Waals surface area contributed by atoms with Crippen LogP contribution in [0.15, 0.2) is 23.1 Å². The molecular formula is C17H25FN2O5S. The second-order valence-electron chi connectivity index (χ2n) is 6.49. The van der Waals surface area contributed by atoms with Crippen molar-refractivity contribution in [2.75, 3.05) is 20.7 Å². The number of sulfonamides is 1. The fourth-order valence-electron chi connectivity index (χ4n) is 2.48. The lowest BCUT2D eigenvalue weighted by Crippen LogP contribution is -2.44. The molecule has 0 aromatic heterocycles. The summed E-state index contributed by atoms with van der Waals surface area (Å²) in [6.45, 7) is 6.76. The van der Waals surface area contributed by atoms with Crippen LogP contribution in [0.3, 0.4) is 0 Å². The number of esters is 1. The molecule has 1 rings (SSSR count). The Balaban J connectivity index is 3.00. The Labute approximate surface area is 153 Å². The van der Waals surface area contributed by atoms with Gasteiger partial charge in [0, 0.05) is 26.2 Å². The zero-order valence-corrected chi connectivity index (χ0v) is 16.6. The third-order valence-corrected chi connectivity index (χ3v) is 5.47. The van der Waals surface area contributed by atoms with Gasteiger partial charge >= 0.3 is 5.97 Å². The molecule has 0 bridgehead atoms. The van der Waals surface area contributed by atoms with Crippen molar-refractivity contribution in [2.45, 2.75) is 44.7 Å². The lowest BCUT2D eigenvalue weighted by molar-refractivity contribution is -0.138. The van der Waals surface area contributed by atoms with E-state index in [1.165, 1.54) is 19.0 Å². The number of carbonyl (C=O) groups is 2. The molecule has 0 spiro atoms. The zero-order chi connectivity index (χ0) is 20.2. The van der Waals surface area contributed by atoms with Gasteiger partial charge in [0.25, 0.3) is 5.91 Å². The van der Waals surface area contributed by atoms with Crippen molar-refractivity contribution >= 4 is 21.9 Å². The lowest BCUT2D eigenvalue weighted by atomic mass is 10.2. The molecular weight excluding hydrogens is 363 g/mol. The molecule has 0 saturated carbocycles. The maximum Gasteiger partial charge on any atom is 0.341 e. The molecule has 0 fully saturated rings. The SMILES string of the molecule is CC(C)N(C(=O)COC(=O)c1cc(S(=O)(=O)N(C)C)ccc1F)C(C)C. The molecule has 1 amide bonds. The van der Waals surface area contributed by atoms with E-state index in [-0.39, 0.29) is 17.0 Å². The first-order chi connectivity index (χ1) is 11.9. The number of hydrogen-bond acceptors (Lipinski definition) is 5. The van der Waals surface area contributed by atoms with Gasteiger partial charge in [0.1, 0.15) is 5.82 Å². The zero-order valence-electron chi connectivity index (χ0n) is 15.8. The first kappa shape index (κ1) is 22.0. The summed E-state index contributed by atoms with van der Waals surface area (Å²) in [6, 6.07) is 2.66. The van der Waals surface area contributed by atoms with Gasteiger partial charge < -0.3 is 9.64 Å². The third-order valence-electron chi connectivity index (χ3n) is 3.66. The second kappa shape index (κ2) is 8.59. The van der Waals surface area contributed by atoms with Crippen LogP contribution in [0.1, 0.15) is 38.1 Å². The molecule has 1 aromatic rings. The maximum absolute atomic E-state index is 13.9. The number of amides is 1. The summed E-state index contributed by atoms with van der Waals surface area (Å²) < 4.78 is 44.0. The summed E-state index contributed by atoms with van der Waals surface area (Å²) in [5.74, 6) is -2.44. The van der Waals surface area contributed by atoms with Gasteiger partial charge in [-0.2, -0.15) is 0 Å². The summed E-state index contributed by atoms with van der Waals surface area (Å²) in [4.78, 5) is 25.7. The Bertz CT molecular complexity index is 767. The van der Waals surface area contributed by atoms with Crippen molar-refractivity contribution in [3.63, 3.8) is 0 Å². The highest BCUT2D eigenvalue weighted by Crippen LogP contribution is 2.18. The van der Waals surface area contributed by atoms with Crippen LogP contribution in [0.2, 0.25) is 0 Å². The molecule has 146 valence electrons. The van der Waals surface area contributed by atoms with Gasteiger partial charge in [-0.05, 0) is 45.9 Å². The number of ether oxygens (including phenoxy) is 1. The Kier molecular flexibility index (Phi) is 7.28. The summed E-state index contributed by atoms with van der Waals surface area (Å²) in [7, 11) is -1.19. The summed E-state index contributed by atoms with van der Waals surface area (Å²) in [5.41, 5.74) is -0.540. The molecule has 0 atom stereocenters. The highest BCUT2D eigenvalue weighted by Gasteiger charge is 2.24. The predicted octanol–water partition coefficient (Wildman–Crippen LogP) is 1.88. The Morgan fingerprint density at radius 1 is 1.12 bits per heavy atom. The van der Waals surface area contributed by atoms with E-state index >= 15 is 0 Å². The van der Waals surface area contributed by atoms with E-state index < -0.39 is 39.9 Å². The Hall–Kier alpha value is -2.00. The van der Waals surface area contributed by atoms with E-state index in [0.29, 0.717) is 0 Å². The monoisotopic (exact) mass is 388 g/mol. The molecule has 0 aliphatic heterocycles. The van der Waals surface area contributed by atoms with Gasteiger partial charge in [0.2, 0.25) is 10.0 Å². The van der Waals surface area contributed by atoms with Gasteiger partial charge in [-0.15, -0.1) is 0 Å². The number of halogens is 1. The van der Waals surface area contributed by atoms with Crippen LogP contribution in [-0.2, 0) is 19.6 Å². The van der Waals surface area contributed by atoms with E-state index in [2.05, 4.69) is 0 Å². The van der Waals surface area contributed by atoms with E-state index in [1.807, 2.05) is 27.7 Å². The quantitative estimate of drug-likeness (QED) is 0.666. The summed E-state index contributed by atoms with van der Waals surface area (Å²) in [5, 5.41) is 0. The summed E-state index contributed by atoms with van der Waals surface area (Å²) >= 11 is 0. The average molecular weight is 388 g/mol. The number of rotatable bonds is 7. The largest absolute Gasteiger partial charge is 0.452 e. The maximum atomic E-state index is 13.9. The van der Waals surface area contributed by atoms with Crippen LogP contribution in [0.5, 0.6) is 0 Å². The number of benzene rings is 1. The minimum atomic E-state index is -3.83. The van der Waals surface area contributed by atoms with Crippen molar-refractivity contribution in [3.8, 4) is 0 Å². The smallest absolute Gasteiger partial charge is 0.341 e. The van der Waals surface area contributed by atoms with Gasteiger partial charge in [-0.1, -0.05) is 0 Å². The number of hydrogen-bond donors (Lipinski definition) is 0. The molecule has 9 heteroatoms. The fourth-order valence-corrected chi connectivity index (χ4v) is 3.41. The van der Waals surface area contributed by atoms with Crippen LogP contribution < -0.4 is 0 Å². The van der Waals surface area contributed by atoms with E-state index in [4.69, 9.17) is 4.74 Å². The molecule has 0 aliphatic rings. The molecule has 0 aliphatic carbocycles. The molecule has 0 heterocycles. The number of nitrogens with zero attached hydrogens (tertiary/aromatic N) is 2. The van der Waals surface area contributed by atoms with Crippen molar-refractivity contribution in [1.29, 1.82) is 0 Å². The van der Waals surface area contributed by atoms with E-state index in [1.54, 1.807) is 0 Å². The first-order valence-corrected chi connectivity index (χ1v) is 9.54. The normalized spacial score (nSPS) is 11.9. The van der Waals surface area contributed by atoms with Crippen LogP contribution in [-0.4, -0.2) is 62.3 Å². The van der Waals surface area contributed by atoms with E-state index in [0.717, 1.165) is 22.5 Å². The predicted molar refractivity (Wildman–Crippen MR) is 94.7 cm³/mol. The number of carbonyl (C=O) groups excluding carboxylic acids is 2. The van der Waals surface area contributed by atoms with Gasteiger partial charge in [-0.3, -0.25) is 4.79 Å². The third kappa shape index (κ3) is 5.01. The molecule has 7 nitrogen and oxygen atoms in total. The minimum Gasteiger partial charge on any atom is -0.452 e. The molecule has 0 saturated heterocycles. The highest BCUT2D eigenvalue weighted by atomic mass is 32.2. The van der Waals surface area contributed by atoms with Crippen LogP contribution in [0.25, 0.3) is 0 Å². The molecule has 0 radical (unpaired) electrons. The fraction of sp³-hybridized carbons (Fsp3) is 0.529. The first-order valence-electron chi connectivity index (χ1n) is 8.10. The highest BCUT2D eigenvalue weighted by molar-refractivity contribution is 7.89. The topological polar surface area (TPSA) is 84.0 Å².